The Hall–Kier alpha value is -8.34. The van der Waals surface area contributed by atoms with Crippen LogP contribution in [0.4, 0.5) is 0 Å². The number of nitrogens with zero attached hydrogens (tertiary/aromatic N) is 1. The van der Waals surface area contributed by atoms with Gasteiger partial charge in [0.05, 0.1) is 12.0 Å². The molecule has 2 aromatic heterocycles. The van der Waals surface area contributed by atoms with Crippen LogP contribution in [0.5, 0.6) is 0 Å². The van der Waals surface area contributed by atoms with Gasteiger partial charge in [-0.25, -0.2) is 4.98 Å². The first-order chi connectivity index (χ1) is 38.5. The van der Waals surface area contributed by atoms with E-state index in [9.17, 15) is 43.2 Å². The third-order valence-corrected chi connectivity index (χ3v) is 15.2. The van der Waals surface area contributed by atoms with E-state index < -0.39 is 107 Å². The zero-order valence-electron chi connectivity index (χ0n) is 45.5. The zero-order valence-corrected chi connectivity index (χ0v) is 47.1. The molecular weight excluding hydrogens is 1080 g/mol. The van der Waals surface area contributed by atoms with Crippen molar-refractivity contribution in [1.29, 1.82) is 10.8 Å². The predicted octanol–water partition coefficient (Wildman–Crippen LogP) is -1.73. The van der Waals surface area contributed by atoms with Crippen molar-refractivity contribution in [3.8, 4) is 0 Å². The Bertz CT molecular complexity index is 2850. The molecule has 2 aromatic carbocycles. The average molecular weight is 1160 g/mol. The number of nitrogens with two attached hydrogens (primary N) is 3. The smallest absolute Gasteiger partial charge is 0.244 e. The Kier molecular flexibility index (Phi) is 24.2. The zero-order chi connectivity index (χ0) is 59.2. The van der Waals surface area contributed by atoms with Gasteiger partial charge in [-0.05, 0) is 48.3 Å². The number of carbonyl (C=O) groups is 9. The number of hydrogen-bond acceptors (Lipinski definition) is 14. The van der Waals surface area contributed by atoms with Crippen LogP contribution in [-0.4, -0.2) is 153 Å². The van der Waals surface area contributed by atoms with E-state index in [0.717, 1.165) is 32.5 Å². The molecule has 0 aliphatic carbocycles. The average Bonchev–Trinajstić information content (AvgIpc) is 4.12. The van der Waals surface area contributed by atoms with E-state index in [4.69, 9.17) is 28.0 Å². The molecule has 27 nitrogen and oxygen atoms in total. The predicted molar refractivity (Wildman–Crippen MR) is 307 cm³/mol. The number of aromatic amines is 2. The van der Waals surface area contributed by atoms with Crippen LogP contribution in [0.3, 0.4) is 0 Å². The van der Waals surface area contributed by atoms with Gasteiger partial charge in [0.25, 0.3) is 0 Å². The second-order valence-electron chi connectivity index (χ2n) is 20.4. The normalized spacial score (nSPS) is 21.6. The summed E-state index contributed by atoms with van der Waals surface area (Å²) in [5.74, 6) is -8.26. The maximum absolute atomic E-state index is 14.8. The van der Waals surface area contributed by atoms with Crippen molar-refractivity contribution in [2.45, 2.75) is 121 Å². The van der Waals surface area contributed by atoms with Gasteiger partial charge in [-0.2, -0.15) is 0 Å². The summed E-state index contributed by atoms with van der Waals surface area (Å²) in [6.45, 7) is 6.51. The number of nitrogens with one attached hydrogen (secondary N) is 14. The Morgan fingerprint density at radius 3 is 1.90 bits per heavy atom. The van der Waals surface area contributed by atoms with Gasteiger partial charge in [0.1, 0.15) is 48.3 Å². The molecule has 438 valence electrons. The molecule has 5 rings (SSSR count). The fraction of sp³-hybridized carbons (Fsp3) is 0.462. The van der Waals surface area contributed by atoms with E-state index in [2.05, 4.69) is 68.1 Å². The Morgan fingerprint density at radius 2 is 1.27 bits per heavy atom. The van der Waals surface area contributed by atoms with Crippen LogP contribution in [0.2, 0.25) is 0 Å². The van der Waals surface area contributed by atoms with E-state index in [1.807, 2.05) is 18.2 Å². The van der Waals surface area contributed by atoms with Crippen molar-refractivity contribution in [2.24, 2.45) is 22.6 Å². The molecule has 4 aromatic rings. The standard InChI is InChI=1S/C52H74N18O9S2/c1-28(71)63-34(16-10-18-59-50(54)55)43(73)69-40-26-81-80-25-39(42(53)72)68-46(76)37(21-30-23-61-33-15-9-8-14-32(30)33)66-44(74)35(17-11-19-60-51(56)57)64-45(75)36(20-29-12-6-5-7-13-29)65-47(77)38(22-31-24-58-27-62-31)67-49(79)41(52(2,3)4)70-48(40)78/h5-9,12-15,23-24,27,34-41,61H,10-11,16-22,25-26H2,1-4H3,(H2,53,72)(H,58,62)(H,63,71)(H,64,75)(H,65,77)(H,66,74)(H,67,79)(H,68,76)(H,69,73)(H,70,78)(H4,54,55,59)(H4,56,57,60)/t34-,35-,36+,37-,38-,39-,40-,41-/m0/s1. The van der Waals surface area contributed by atoms with Crippen LogP contribution < -0.4 is 70.4 Å². The van der Waals surface area contributed by atoms with E-state index in [1.54, 1.807) is 63.4 Å². The lowest BCUT2D eigenvalue weighted by Gasteiger charge is -2.33. The van der Waals surface area contributed by atoms with Gasteiger partial charge in [-0.3, -0.25) is 54.0 Å². The Morgan fingerprint density at radius 1 is 0.691 bits per heavy atom. The van der Waals surface area contributed by atoms with E-state index in [1.165, 1.54) is 19.4 Å². The molecule has 1 aliphatic rings. The number of guanidine groups is 2. The number of imidazole rings is 1. The van der Waals surface area contributed by atoms with Crippen molar-refractivity contribution in [3.63, 3.8) is 0 Å². The summed E-state index contributed by atoms with van der Waals surface area (Å²) < 4.78 is 0. The minimum absolute atomic E-state index is 0.0588. The van der Waals surface area contributed by atoms with Gasteiger partial charge in [-0.1, -0.05) is 90.9 Å². The minimum atomic E-state index is -1.44. The fourth-order valence-corrected chi connectivity index (χ4v) is 10.9. The molecular formula is C52H74N18O9S2. The lowest BCUT2D eigenvalue weighted by Crippen LogP contribution is -2.63. The minimum Gasteiger partial charge on any atom is -0.370 e. The largest absolute Gasteiger partial charge is 0.370 e. The molecule has 20 N–H and O–H groups in total. The van der Waals surface area contributed by atoms with Crippen LogP contribution in [-0.2, 0) is 62.4 Å². The second-order valence-corrected chi connectivity index (χ2v) is 22.9. The highest BCUT2D eigenvalue weighted by atomic mass is 33.1. The molecule has 0 radical (unpaired) electrons. The highest BCUT2D eigenvalue weighted by Gasteiger charge is 2.39. The SMILES string of the molecule is CC(=O)N[C@@H](CCCNC(=N)N)C(=O)N[C@H]1CSSC[C@@H](C(N)=O)NC(=O)[C@H](Cc2c[nH]c3ccccc23)NC(=O)[C@H](CCCNC(=N)N)NC(=O)[C@@H](Cc2ccccc2)NC(=O)[C@H](Cc2c[nH]cn2)NC(=O)[C@@H](C(C)(C)C)NC1=O. The van der Waals surface area contributed by atoms with Crippen LogP contribution in [0, 0.1) is 16.2 Å². The summed E-state index contributed by atoms with van der Waals surface area (Å²) in [4.78, 5) is 138. The van der Waals surface area contributed by atoms with Gasteiger partial charge < -0.3 is 80.3 Å². The maximum Gasteiger partial charge on any atom is 0.244 e. The number of rotatable bonds is 18. The molecule has 81 heavy (non-hydrogen) atoms. The van der Waals surface area contributed by atoms with Gasteiger partial charge in [0.15, 0.2) is 11.9 Å². The molecule has 0 spiro atoms. The summed E-state index contributed by atoms with van der Waals surface area (Å²) in [6.07, 6.45) is 4.58. The molecule has 3 heterocycles. The second kappa shape index (κ2) is 30.9. The first kappa shape index (κ1) is 63.5. The van der Waals surface area contributed by atoms with Gasteiger partial charge in [0.2, 0.25) is 53.2 Å². The summed E-state index contributed by atoms with van der Waals surface area (Å²) in [5.41, 5.74) is 18.1. The van der Waals surface area contributed by atoms with Crippen molar-refractivity contribution < 1.29 is 43.2 Å². The van der Waals surface area contributed by atoms with Crippen LogP contribution >= 0.6 is 21.6 Å². The number of aromatic nitrogens is 3. The lowest BCUT2D eigenvalue weighted by atomic mass is 9.85. The van der Waals surface area contributed by atoms with E-state index >= 15 is 0 Å². The number of carbonyl (C=O) groups excluding carboxylic acids is 9. The summed E-state index contributed by atoms with van der Waals surface area (Å²) >= 11 is 0. The summed E-state index contributed by atoms with van der Waals surface area (Å²) in [5, 5.41) is 43.0. The third kappa shape index (κ3) is 20.7. The number of fused-ring (bicyclic) bond motifs is 1. The van der Waals surface area contributed by atoms with Crippen molar-refractivity contribution in [1.82, 2.24) is 68.1 Å². The number of amides is 9. The van der Waals surface area contributed by atoms with E-state index in [-0.39, 0.29) is 81.5 Å². The van der Waals surface area contributed by atoms with Crippen molar-refractivity contribution >= 4 is 97.6 Å². The highest BCUT2D eigenvalue weighted by molar-refractivity contribution is 8.76. The molecule has 0 saturated carbocycles. The van der Waals surface area contributed by atoms with Crippen molar-refractivity contribution in [2.75, 3.05) is 24.6 Å². The fourth-order valence-electron chi connectivity index (χ4n) is 8.60. The van der Waals surface area contributed by atoms with Crippen LogP contribution in [0.25, 0.3) is 10.9 Å². The molecule has 29 heteroatoms. The number of primary amides is 1. The third-order valence-electron chi connectivity index (χ3n) is 12.8. The molecule has 1 fully saturated rings. The first-order valence-corrected chi connectivity index (χ1v) is 28.6. The Labute approximate surface area is 476 Å². The van der Waals surface area contributed by atoms with Crippen LogP contribution in [0.15, 0.2) is 73.3 Å². The molecule has 1 aliphatic heterocycles. The monoisotopic (exact) mass is 1160 g/mol. The summed E-state index contributed by atoms with van der Waals surface area (Å²) in [7, 11) is 2.02. The van der Waals surface area contributed by atoms with Crippen molar-refractivity contribution in [3.05, 3.63) is 90.1 Å². The molecule has 0 unspecified atom stereocenters. The van der Waals surface area contributed by atoms with Gasteiger partial charge in [-0.15, -0.1) is 0 Å². The maximum atomic E-state index is 14.8. The molecule has 9 amide bonds. The summed E-state index contributed by atoms with van der Waals surface area (Å²) in [6, 6.07) is 5.00. The van der Waals surface area contributed by atoms with Gasteiger partial charge >= 0.3 is 0 Å². The number of H-pyrrole nitrogens is 2. The lowest BCUT2D eigenvalue weighted by molar-refractivity contribution is -0.137. The Balaban J connectivity index is 1.59. The number of para-hydroxylation sites is 1. The molecule has 8 atom stereocenters. The quantitative estimate of drug-likeness (QED) is 0.0228. The van der Waals surface area contributed by atoms with Crippen LogP contribution in [0.1, 0.15) is 70.2 Å². The van der Waals surface area contributed by atoms with E-state index in [0.29, 0.717) is 16.8 Å². The van der Waals surface area contributed by atoms with Gasteiger partial charge in [0, 0.05) is 74.1 Å². The number of hydrogen-bond donors (Lipinski definition) is 17. The highest BCUT2D eigenvalue weighted by Crippen LogP contribution is 2.25. The molecule has 1 saturated heterocycles. The number of benzene rings is 2. The first-order valence-electron chi connectivity index (χ1n) is 26.1. The molecule has 0 bridgehead atoms. The topological polar surface area (TPSA) is 444 Å².